The van der Waals surface area contributed by atoms with Crippen LogP contribution in [0.25, 0.3) is 0 Å². The van der Waals surface area contributed by atoms with E-state index in [1.165, 1.54) is 12.1 Å². The highest BCUT2D eigenvalue weighted by molar-refractivity contribution is 5.95. The summed E-state index contributed by atoms with van der Waals surface area (Å²) in [4.78, 5) is 17.3. The molecule has 1 aliphatic rings. The number of carbonyl (C=O) groups is 1. The lowest BCUT2D eigenvalue weighted by Gasteiger charge is -2.23. The lowest BCUT2D eigenvalue weighted by atomic mass is 10.1. The summed E-state index contributed by atoms with van der Waals surface area (Å²) >= 11 is 0. The maximum Gasteiger partial charge on any atom is 0.416 e. The van der Waals surface area contributed by atoms with Gasteiger partial charge in [0.15, 0.2) is 11.5 Å². The fraction of sp³-hybridized carbons (Fsp3) is 0.500. The van der Waals surface area contributed by atoms with Gasteiger partial charge in [0.05, 0.1) is 25.4 Å². The highest BCUT2D eigenvalue weighted by Gasteiger charge is 2.30. The van der Waals surface area contributed by atoms with Gasteiger partial charge >= 0.3 is 6.18 Å². The zero-order valence-electron chi connectivity index (χ0n) is 20.5. The van der Waals surface area contributed by atoms with Gasteiger partial charge in [-0.25, -0.2) is 0 Å². The van der Waals surface area contributed by atoms with Crippen LogP contribution in [-0.2, 0) is 12.7 Å². The number of carbonyl (C=O) groups excluding carboxylic acids is 1. The van der Waals surface area contributed by atoms with Gasteiger partial charge < -0.3 is 19.1 Å². The Hall–Kier alpha value is -2.94. The molecule has 3 rings (SSSR count). The van der Waals surface area contributed by atoms with Crippen LogP contribution in [0.1, 0.15) is 48.7 Å². The molecule has 192 valence electrons. The van der Waals surface area contributed by atoms with Crippen molar-refractivity contribution >= 4 is 5.91 Å². The second-order valence-electron chi connectivity index (χ2n) is 8.22. The first-order chi connectivity index (χ1) is 16.8. The van der Waals surface area contributed by atoms with Crippen molar-refractivity contribution in [1.82, 2.24) is 9.80 Å². The van der Waals surface area contributed by atoms with Crippen LogP contribution in [0.4, 0.5) is 13.2 Å². The molecular weight excluding hydrogens is 461 g/mol. The highest BCUT2D eigenvalue weighted by Crippen LogP contribution is 2.39. The number of halogens is 3. The van der Waals surface area contributed by atoms with E-state index in [0.717, 1.165) is 30.7 Å². The summed E-state index contributed by atoms with van der Waals surface area (Å²) in [6, 6.07) is 8.65. The van der Waals surface area contributed by atoms with Crippen LogP contribution in [-0.4, -0.2) is 61.7 Å². The van der Waals surface area contributed by atoms with Gasteiger partial charge in [-0.1, -0.05) is 12.1 Å². The summed E-state index contributed by atoms with van der Waals surface area (Å²) in [7, 11) is 0. The monoisotopic (exact) mass is 494 g/mol. The molecule has 0 aliphatic carbocycles. The first-order valence-electron chi connectivity index (χ1n) is 12.0. The number of rotatable bonds is 9. The molecule has 1 aliphatic heterocycles. The second-order valence-corrected chi connectivity index (χ2v) is 8.22. The quantitative estimate of drug-likeness (QED) is 0.477. The second kappa shape index (κ2) is 12.2. The molecule has 0 unspecified atom stereocenters. The Kier molecular flexibility index (Phi) is 9.26. The molecule has 2 aromatic carbocycles. The Morgan fingerprint density at radius 1 is 0.857 bits per heavy atom. The molecule has 0 N–H and O–H groups in total. The molecule has 1 heterocycles. The van der Waals surface area contributed by atoms with Crippen molar-refractivity contribution in [3.63, 3.8) is 0 Å². The van der Waals surface area contributed by atoms with Gasteiger partial charge in [-0.15, -0.1) is 0 Å². The molecule has 0 bridgehead atoms. The molecule has 0 radical (unpaired) electrons. The number of amides is 1. The van der Waals surface area contributed by atoms with Crippen LogP contribution in [0.5, 0.6) is 17.2 Å². The van der Waals surface area contributed by atoms with Crippen molar-refractivity contribution in [2.24, 2.45) is 0 Å². The normalized spacial score (nSPS) is 15.0. The van der Waals surface area contributed by atoms with Crippen LogP contribution in [0, 0.1) is 0 Å². The van der Waals surface area contributed by atoms with E-state index >= 15 is 0 Å². The van der Waals surface area contributed by atoms with E-state index in [1.807, 2.05) is 20.8 Å². The van der Waals surface area contributed by atoms with Crippen molar-refractivity contribution in [3.05, 3.63) is 53.1 Å². The molecule has 9 heteroatoms. The predicted octanol–water partition coefficient (Wildman–Crippen LogP) is 5.25. The standard InChI is InChI=1S/C26H33F3N2O4/c1-4-33-22-16-20(17-23(34-5-2)24(22)35-6-3)25(32)31-13-7-12-30(14-15-31)18-19-8-10-21(11-9-19)26(27,28)29/h8-11,16-17H,4-7,12-15,18H2,1-3H3. The van der Waals surface area contributed by atoms with Crippen LogP contribution in [0.2, 0.25) is 0 Å². The fourth-order valence-electron chi connectivity index (χ4n) is 4.08. The number of hydrogen-bond donors (Lipinski definition) is 0. The summed E-state index contributed by atoms with van der Waals surface area (Å²) in [6.45, 7) is 9.90. The molecule has 2 aromatic rings. The van der Waals surface area contributed by atoms with Gasteiger partial charge in [-0.3, -0.25) is 9.69 Å². The number of hydrogen-bond acceptors (Lipinski definition) is 5. The number of alkyl halides is 3. The summed E-state index contributed by atoms with van der Waals surface area (Å²) in [5.41, 5.74) is 0.630. The van der Waals surface area contributed by atoms with E-state index in [9.17, 15) is 18.0 Å². The van der Waals surface area contributed by atoms with E-state index in [0.29, 0.717) is 68.8 Å². The lowest BCUT2D eigenvalue weighted by molar-refractivity contribution is -0.137. The van der Waals surface area contributed by atoms with Crippen molar-refractivity contribution in [1.29, 1.82) is 0 Å². The van der Waals surface area contributed by atoms with Crippen molar-refractivity contribution in [2.75, 3.05) is 46.0 Å². The maximum absolute atomic E-state index is 13.4. The molecule has 0 atom stereocenters. The van der Waals surface area contributed by atoms with Crippen LogP contribution >= 0.6 is 0 Å². The van der Waals surface area contributed by atoms with E-state index in [2.05, 4.69) is 4.90 Å². The first-order valence-corrected chi connectivity index (χ1v) is 12.0. The van der Waals surface area contributed by atoms with Gasteiger partial charge in [-0.05, 0) is 57.0 Å². The van der Waals surface area contributed by atoms with Gasteiger partial charge in [0, 0.05) is 38.3 Å². The third-order valence-electron chi connectivity index (χ3n) is 5.72. The molecule has 1 fully saturated rings. The maximum atomic E-state index is 13.4. The van der Waals surface area contributed by atoms with Crippen molar-refractivity contribution in [3.8, 4) is 17.2 Å². The third-order valence-corrected chi connectivity index (χ3v) is 5.72. The summed E-state index contributed by atoms with van der Waals surface area (Å²) in [6.07, 6.45) is -3.58. The zero-order chi connectivity index (χ0) is 25.4. The first kappa shape index (κ1) is 26.7. The van der Waals surface area contributed by atoms with E-state index in [1.54, 1.807) is 17.0 Å². The molecule has 0 saturated carbocycles. The SMILES string of the molecule is CCOc1cc(C(=O)N2CCCN(Cc3ccc(C(F)(F)F)cc3)CC2)cc(OCC)c1OCC. The summed E-state index contributed by atoms with van der Waals surface area (Å²) < 4.78 is 55.7. The Labute approximate surface area is 204 Å². The molecule has 1 saturated heterocycles. The van der Waals surface area contributed by atoms with Gasteiger partial charge in [0.25, 0.3) is 5.91 Å². The molecule has 0 aromatic heterocycles. The van der Waals surface area contributed by atoms with E-state index in [-0.39, 0.29) is 5.91 Å². The Balaban J connectivity index is 1.70. The number of benzene rings is 2. The van der Waals surface area contributed by atoms with Crippen LogP contribution in [0.3, 0.4) is 0 Å². The smallest absolute Gasteiger partial charge is 0.416 e. The van der Waals surface area contributed by atoms with Crippen LogP contribution < -0.4 is 14.2 Å². The molecule has 0 spiro atoms. The Bertz CT molecular complexity index is 953. The fourth-order valence-corrected chi connectivity index (χ4v) is 4.08. The van der Waals surface area contributed by atoms with Crippen molar-refractivity contribution < 1.29 is 32.2 Å². The predicted molar refractivity (Wildman–Crippen MR) is 127 cm³/mol. The third kappa shape index (κ3) is 7.04. The average Bonchev–Trinajstić information content (AvgIpc) is 3.06. The van der Waals surface area contributed by atoms with E-state index < -0.39 is 11.7 Å². The minimum Gasteiger partial charge on any atom is -0.490 e. The summed E-state index contributed by atoms with van der Waals surface area (Å²) in [5.74, 6) is 1.32. The minimum absolute atomic E-state index is 0.119. The molecule has 6 nitrogen and oxygen atoms in total. The summed E-state index contributed by atoms with van der Waals surface area (Å²) in [5, 5.41) is 0. The van der Waals surface area contributed by atoms with Gasteiger partial charge in [0.2, 0.25) is 5.75 Å². The number of nitrogens with zero attached hydrogens (tertiary/aromatic N) is 2. The molecular formula is C26H33F3N2O4. The van der Waals surface area contributed by atoms with E-state index in [4.69, 9.17) is 14.2 Å². The average molecular weight is 495 g/mol. The molecule has 1 amide bonds. The largest absolute Gasteiger partial charge is 0.490 e. The Morgan fingerprint density at radius 2 is 1.46 bits per heavy atom. The lowest BCUT2D eigenvalue weighted by Crippen LogP contribution is -2.35. The highest BCUT2D eigenvalue weighted by atomic mass is 19.4. The minimum atomic E-state index is -4.34. The topological polar surface area (TPSA) is 51.2 Å². The van der Waals surface area contributed by atoms with Crippen molar-refractivity contribution in [2.45, 2.75) is 39.9 Å². The zero-order valence-corrected chi connectivity index (χ0v) is 20.5. The number of ether oxygens (including phenoxy) is 3. The van der Waals surface area contributed by atoms with Gasteiger partial charge in [0.1, 0.15) is 0 Å². The van der Waals surface area contributed by atoms with Gasteiger partial charge in [-0.2, -0.15) is 13.2 Å². The molecule has 35 heavy (non-hydrogen) atoms. The Morgan fingerprint density at radius 3 is 2.00 bits per heavy atom. The van der Waals surface area contributed by atoms with Crippen LogP contribution in [0.15, 0.2) is 36.4 Å².